The summed E-state index contributed by atoms with van der Waals surface area (Å²) in [5.41, 5.74) is 0.675. The van der Waals surface area contributed by atoms with Crippen molar-refractivity contribution in [1.29, 1.82) is 0 Å². The van der Waals surface area contributed by atoms with Crippen LogP contribution in [0, 0.1) is 0 Å². The van der Waals surface area contributed by atoms with Gasteiger partial charge in [-0.2, -0.15) is 0 Å². The lowest BCUT2D eigenvalue weighted by Crippen LogP contribution is -2.27. The van der Waals surface area contributed by atoms with Gasteiger partial charge in [0.15, 0.2) is 0 Å². The number of nitrogens with zero attached hydrogens (tertiary/aromatic N) is 1. The number of furan rings is 1. The molecule has 6 heteroatoms. The maximum absolute atomic E-state index is 11.4. The van der Waals surface area contributed by atoms with Gasteiger partial charge in [-0.1, -0.05) is 0 Å². The van der Waals surface area contributed by atoms with Crippen molar-refractivity contribution in [3.05, 3.63) is 23.7 Å². The lowest BCUT2D eigenvalue weighted by Gasteiger charge is -2.14. The Morgan fingerprint density at radius 2 is 2.17 bits per heavy atom. The number of carbonyl (C=O) groups excluding carboxylic acids is 2. The van der Waals surface area contributed by atoms with Gasteiger partial charge in [0.05, 0.1) is 26.5 Å². The Bertz CT molecular complexity index is 412. The molecule has 0 N–H and O–H groups in total. The van der Waals surface area contributed by atoms with Crippen LogP contribution in [0.4, 0.5) is 0 Å². The van der Waals surface area contributed by atoms with Gasteiger partial charge < -0.3 is 13.9 Å². The Balaban J connectivity index is 2.59. The minimum Gasteiger partial charge on any atom is -0.465 e. The zero-order chi connectivity index (χ0) is 13.5. The van der Waals surface area contributed by atoms with Crippen LogP contribution in [0.1, 0.15) is 23.0 Å². The first-order chi connectivity index (χ1) is 8.58. The van der Waals surface area contributed by atoms with E-state index in [0.29, 0.717) is 18.7 Å². The van der Waals surface area contributed by atoms with Crippen LogP contribution in [0.15, 0.2) is 16.7 Å². The molecule has 1 aromatic heterocycles. The Labute approximate surface area is 105 Å². The summed E-state index contributed by atoms with van der Waals surface area (Å²) in [5, 5.41) is 0. The first-order valence-corrected chi connectivity index (χ1v) is 5.57. The third kappa shape index (κ3) is 3.89. The van der Waals surface area contributed by atoms with Crippen LogP contribution in [0.5, 0.6) is 0 Å². The molecule has 0 radical (unpaired) electrons. The summed E-state index contributed by atoms with van der Waals surface area (Å²) in [5.74, 6) is -0.671. The molecule has 0 atom stereocenters. The molecule has 0 spiro atoms. The van der Waals surface area contributed by atoms with Crippen molar-refractivity contribution in [3.8, 4) is 0 Å². The molecule has 0 fully saturated rings. The van der Waals surface area contributed by atoms with Crippen molar-refractivity contribution < 1.29 is 23.5 Å². The maximum atomic E-state index is 11.4. The van der Waals surface area contributed by atoms with Crippen molar-refractivity contribution in [3.63, 3.8) is 0 Å². The van der Waals surface area contributed by atoms with E-state index >= 15 is 0 Å². The van der Waals surface area contributed by atoms with Crippen LogP contribution in [0.2, 0.25) is 0 Å². The quantitative estimate of drug-likeness (QED) is 0.708. The highest BCUT2D eigenvalue weighted by Crippen LogP contribution is 2.13. The van der Waals surface area contributed by atoms with E-state index in [1.54, 1.807) is 24.9 Å². The normalized spacial score (nSPS) is 10.4. The van der Waals surface area contributed by atoms with E-state index in [1.807, 2.05) is 0 Å². The van der Waals surface area contributed by atoms with Gasteiger partial charge in [0.25, 0.3) is 0 Å². The molecule has 0 saturated carbocycles. The van der Waals surface area contributed by atoms with Crippen LogP contribution in [0.25, 0.3) is 0 Å². The Morgan fingerprint density at radius 3 is 2.78 bits per heavy atom. The minimum atomic E-state index is -0.528. The average molecular weight is 255 g/mol. The van der Waals surface area contributed by atoms with Gasteiger partial charge in [-0.15, -0.1) is 0 Å². The molecule has 0 amide bonds. The summed E-state index contributed by atoms with van der Waals surface area (Å²) in [4.78, 5) is 24.4. The average Bonchev–Trinajstić information content (AvgIpc) is 2.76. The summed E-state index contributed by atoms with van der Waals surface area (Å²) in [6.45, 7) is 2.66. The van der Waals surface area contributed by atoms with Crippen molar-refractivity contribution in [2.75, 3.05) is 27.3 Å². The van der Waals surface area contributed by atoms with E-state index in [2.05, 4.69) is 4.74 Å². The molecule has 0 unspecified atom stereocenters. The lowest BCUT2D eigenvalue weighted by atomic mass is 10.2. The molecule has 0 aromatic carbocycles. The molecule has 18 heavy (non-hydrogen) atoms. The van der Waals surface area contributed by atoms with Gasteiger partial charge in [-0.25, -0.2) is 4.79 Å². The van der Waals surface area contributed by atoms with Gasteiger partial charge in [-0.05, 0) is 20.0 Å². The third-order valence-electron chi connectivity index (χ3n) is 2.26. The number of methoxy groups -OCH3 is 1. The largest absolute Gasteiger partial charge is 0.465 e. The summed E-state index contributed by atoms with van der Waals surface area (Å²) in [7, 11) is 3.04. The standard InChI is InChI=1S/C12H17NO5/c1-4-17-10(14)8-13(2)7-9-5-6-18-11(9)12(15)16-3/h5-6H,4,7-8H2,1-3H3. The van der Waals surface area contributed by atoms with Crippen LogP contribution < -0.4 is 0 Å². The molecular formula is C12H17NO5. The van der Waals surface area contributed by atoms with E-state index in [0.717, 1.165) is 0 Å². The zero-order valence-electron chi connectivity index (χ0n) is 10.8. The first kappa shape index (κ1) is 14.2. The summed E-state index contributed by atoms with van der Waals surface area (Å²) < 4.78 is 14.5. The van der Waals surface area contributed by atoms with Crippen LogP contribution in [0.3, 0.4) is 0 Å². The van der Waals surface area contributed by atoms with Gasteiger partial charge in [-0.3, -0.25) is 9.69 Å². The Kier molecular flexibility index (Phi) is 5.38. The third-order valence-corrected chi connectivity index (χ3v) is 2.26. The number of ether oxygens (including phenoxy) is 2. The number of carbonyl (C=O) groups is 2. The van der Waals surface area contributed by atoms with Crippen LogP contribution in [-0.2, 0) is 20.8 Å². The molecule has 6 nitrogen and oxygen atoms in total. The zero-order valence-corrected chi connectivity index (χ0v) is 10.8. The fourth-order valence-electron chi connectivity index (χ4n) is 1.51. The van der Waals surface area contributed by atoms with Gasteiger partial charge >= 0.3 is 11.9 Å². The highest BCUT2D eigenvalue weighted by Gasteiger charge is 2.17. The number of rotatable bonds is 6. The van der Waals surface area contributed by atoms with Crippen molar-refractivity contribution in [2.45, 2.75) is 13.5 Å². The van der Waals surface area contributed by atoms with Gasteiger partial charge in [0.2, 0.25) is 5.76 Å². The maximum Gasteiger partial charge on any atom is 0.374 e. The smallest absolute Gasteiger partial charge is 0.374 e. The second-order valence-corrected chi connectivity index (χ2v) is 3.74. The van der Waals surface area contributed by atoms with Gasteiger partial charge in [0, 0.05) is 12.1 Å². The van der Waals surface area contributed by atoms with E-state index in [1.165, 1.54) is 13.4 Å². The van der Waals surface area contributed by atoms with Crippen molar-refractivity contribution >= 4 is 11.9 Å². The predicted molar refractivity (Wildman–Crippen MR) is 63.0 cm³/mol. The number of hydrogen-bond donors (Lipinski definition) is 0. The molecule has 0 aliphatic heterocycles. The highest BCUT2D eigenvalue weighted by atomic mass is 16.5. The van der Waals surface area contributed by atoms with Crippen LogP contribution >= 0.6 is 0 Å². The Morgan fingerprint density at radius 1 is 1.44 bits per heavy atom. The first-order valence-electron chi connectivity index (χ1n) is 5.57. The fraction of sp³-hybridized carbons (Fsp3) is 0.500. The van der Waals surface area contributed by atoms with E-state index in [9.17, 15) is 9.59 Å². The molecule has 0 bridgehead atoms. The van der Waals surface area contributed by atoms with E-state index in [4.69, 9.17) is 9.15 Å². The predicted octanol–water partition coefficient (Wildman–Crippen LogP) is 1.06. The minimum absolute atomic E-state index is 0.152. The molecule has 100 valence electrons. The van der Waals surface area contributed by atoms with Gasteiger partial charge in [0.1, 0.15) is 0 Å². The highest BCUT2D eigenvalue weighted by molar-refractivity contribution is 5.87. The lowest BCUT2D eigenvalue weighted by molar-refractivity contribution is -0.144. The molecule has 0 aliphatic rings. The van der Waals surface area contributed by atoms with E-state index in [-0.39, 0.29) is 18.3 Å². The number of esters is 2. The molecule has 0 saturated heterocycles. The molecule has 1 aromatic rings. The second-order valence-electron chi connectivity index (χ2n) is 3.74. The van der Waals surface area contributed by atoms with E-state index < -0.39 is 5.97 Å². The Hall–Kier alpha value is -1.82. The molecular weight excluding hydrogens is 238 g/mol. The van der Waals surface area contributed by atoms with Crippen LogP contribution in [-0.4, -0.2) is 44.1 Å². The monoisotopic (exact) mass is 255 g/mol. The summed E-state index contributed by atoms with van der Waals surface area (Å²) in [6.07, 6.45) is 1.42. The summed E-state index contributed by atoms with van der Waals surface area (Å²) >= 11 is 0. The molecule has 0 aliphatic carbocycles. The topological polar surface area (TPSA) is 69.0 Å². The fourth-order valence-corrected chi connectivity index (χ4v) is 1.51. The second kappa shape index (κ2) is 6.80. The number of likely N-dealkylation sites (N-methyl/N-ethyl adjacent to an activating group) is 1. The number of hydrogen-bond acceptors (Lipinski definition) is 6. The molecule has 1 rings (SSSR count). The van der Waals surface area contributed by atoms with Crippen molar-refractivity contribution in [2.24, 2.45) is 0 Å². The van der Waals surface area contributed by atoms with Crippen molar-refractivity contribution in [1.82, 2.24) is 4.90 Å². The summed E-state index contributed by atoms with van der Waals surface area (Å²) in [6, 6.07) is 1.67. The SMILES string of the molecule is CCOC(=O)CN(C)Cc1ccoc1C(=O)OC. The molecule has 1 heterocycles.